The number of esters is 1. The zero-order chi connectivity index (χ0) is 14.3. The van der Waals surface area contributed by atoms with Crippen LogP contribution in [0.25, 0.3) is 0 Å². The van der Waals surface area contributed by atoms with E-state index in [0.717, 1.165) is 12.8 Å². The maximum atomic E-state index is 11.3. The first-order valence-corrected chi connectivity index (χ1v) is 5.96. The summed E-state index contributed by atoms with van der Waals surface area (Å²) in [5.41, 5.74) is 5.71. The van der Waals surface area contributed by atoms with E-state index in [1.807, 2.05) is 6.92 Å². The van der Waals surface area contributed by atoms with Crippen molar-refractivity contribution in [3.05, 3.63) is 23.8 Å². The lowest BCUT2D eigenvalue weighted by Gasteiger charge is -2.11. The molecule has 0 aromatic heterocycles. The molecular weight excluding hydrogens is 250 g/mol. The normalized spacial score (nSPS) is 9.95. The Kier molecular flexibility index (Phi) is 5.66. The number of carbonyl (C=O) groups excluding carboxylic acids is 1. The Morgan fingerprint density at radius 1 is 1.37 bits per heavy atom. The van der Waals surface area contributed by atoms with Crippen molar-refractivity contribution in [3.63, 3.8) is 0 Å². The van der Waals surface area contributed by atoms with Crippen molar-refractivity contribution in [1.29, 1.82) is 0 Å². The fourth-order valence-corrected chi connectivity index (χ4v) is 1.39. The molecule has 104 valence electrons. The van der Waals surface area contributed by atoms with Gasteiger partial charge in [-0.1, -0.05) is 19.4 Å². The fraction of sp³-hybridized carbons (Fsp3) is 0.385. The Bertz CT molecular complexity index is 458. The summed E-state index contributed by atoms with van der Waals surface area (Å²) < 4.78 is 10.0. The van der Waals surface area contributed by atoms with E-state index in [-0.39, 0.29) is 23.6 Å². The SMILES string of the molecule is CCCCOC(=O)COc1c(N)cccc1C(=O)O. The summed E-state index contributed by atoms with van der Waals surface area (Å²) in [6, 6.07) is 4.37. The molecule has 0 saturated carbocycles. The maximum Gasteiger partial charge on any atom is 0.344 e. The molecule has 3 N–H and O–H groups in total. The van der Waals surface area contributed by atoms with Gasteiger partial charge in [0.25, 0.3) is 0 Å². The van der Waals surface area contributed by atoms with Gasteiger partial charge >= 0.3 is 11.9 Å². The van der Waals surface area contributed by atoms with Crippen molar-refractivity contribution in [3.8, 4) is 5.75 Å². The van der Waals surface area contributed by atoms with Crippen molar-refractivity contribution in [2.24, 2.45) is 0 Å². The van der Waals surface area contributed by atoms with Crippen LogP contribution < -0.4 is 10.5 Å². The molecule has 0 amide bonds. The smallest absolute Gasteiger partial charge is 0.344 e. The molecule has 0 atom stereocenters. The number of hydrogen-bond acceptors (Lipinski definition) is 5. The van der Waals surface area contributed by atoms with E-state index in [2.05, 4.69) is 0 Å². The number of para-hydroxylation sites is 1. The molecule has 0 heterocycles. The number of rotatable bonds is 7. The molecular formula is C13H17NO5. The van der Waals surface area contributed by atoms with Crippen LogP contribution in [0.4, 0.5) is 5.69 Å². The molecule has 6 heteroatoms. The Morgan fingerprint density at radius 2 is 2.11 bits per heavy atom. The van der Waals surface area contributed by atoms with Crippen LogP contribution in [0.15, 0.2) is 18.2 Å². The third-order valence-corrected chi connectivity index (χ3v) is 2.37. The summed E-state index contributed by atoms with van der Waals surface area (Å²) >= 11 is 0. The van der Waals surface area contributed by atoms with Crippen molar-refractivity contribution in [2.45, 2.75) is 19.8 Å². The molecule has 1 aromatic carbocycles. The number of anilines is 1. The number of carbonyl (C=O) groups is 2. The first-order valence-electron chi connectivity index (χ1n) is 5.96. The van der Waals surface area contributed by atoms with Crippen LogP contribution >= 0.6 is 0 Å². The van der Waals surface area contributed by atoms with Crippen LogP contribution in [0.3, 0.4) is 0 Å². The zero-order valence-electron chi connectivity index (χ0n) is 10.7. The summed E-state index contributed by atoms with van der Waals surface area (Å²) in [5.74, 6) is -1.72. The number of carboxylic acids is 1. The van der Waals surface area contributed by atoms with Gasteiger partial charge in [0, 0.05) is 0 Å². The predicted molar refractivity (Wildman–Crippen MR) is 69.2 cm³/mol. The van der Waals surface area contributed by atoms with Gasteiger partial charge < -0.3 is 20.3 Å². The lowest BCUT2D eigenvalue weighted by molar-refractivity contribution is -0.146. The van der Waals surface area contributed by atoms with Gasteiger partial charge in [0.05, 0.1) is 12.3 Å². The van der Waals surface area contributed by atoms with Gasteiger partial charge in [-0.15, -0.1) is 0 Å². The number of hydrogen-bond donors (Lipinski definition) is 2. The van der Waals surface area contributed by atoms with Crippen molar-refractivity contribution in [2.75, 3.05) is 18.9 Å². The third kappa shape index (κ3) is 4.50. The van der Waals surface area contributed by atoms with Gasteiger partial charge in [-0.25, -0.2) is 9.59 Å². The fourth-order valence-electron chi connectivity index (χ4n) is 1.39. The van der Waals surface area contributed by atoms with Crippen LogP contribution in [0.1, 0.15) is 30.1 Å². The Balaban J connectivity index is 2.62. The van der Waals surface area contributed by atoms with Gasteiger partial charge in [0.2, 0.25) is 0 Å². The lowest BCUT2D eigenvalue weighted by Crippen LogP contribution is -2.17. The maximum absolute atomic E-state index is 11.3. The van der Waals surface area contributed by atoms with E-state index in [1.165, 1.54) is 18.2 Å². The molecule has 0 unspecified atom stereocenters. The zero-order valence-corrected chi connectivity index (χ0v) is 10.7. The number of aromatic carboxylic acids is 1. The molecule has 0 bridgehead atoms. The molecule has 1 rings (SSSR count). The first kappa shape index (κ1) is 14.8. The predicted octanol–water partition coefficient (Wildman–Crippen LogP) is 1.69. The van der Waals surface area contributed by atoms with E-state index >= 15 is 0 Å². The molecule has 1 aromatic rings. The van der Waals surface area contributed by atoms with Crippen molar-refractivity contribution < 1.29 is 24.2 Å². The molecule has 0 aliphatic rings. The number of ether oxygens (including phenoxy) is 2. The molecule has 0 saturated heterocycles. The highest BCUT2D eigenvalue weighted by Crippen LogP contribution is 2.26. The molecule has 19 heavy (non-hydrogen) atoms. The average molecular weight is 267 g/mol. The number of carboxylic acid groups (broad SMARTS) is 1. The van der Waals surface area contributed by atoms with Gasteiger partial charge in [-0.3, -0.25) is 0 Å². The molecule has 0 aliphatic heterocycles. The van der Waals surface area contributed by atoms with E-state index in [4.69, 9.17) is 20.3 Å². The van der Waals surface area contributed by atoms with Crippen molar-refractivity contribution in [1.82, 2.24) is 0 Å². The Morgan fingerprint density at radius 3 is 2.74 bits per heavy atom. The van der Waals surface area contributed by atoms with Gasteiger partial charge in [0.1, 0.15) is 5.56 Å². The largest absolute Gasteiger partial charge is 0.479 e. The third-order valence-electron chi connectivity index (χ3n) is 2.37. The Labute approximate surface area is 111 Å². The highest BCUT2D eigenvalue weighted by molar-refractivity contribution is 5.93. The molecule has 0 radical (unpaired) electrons. The summed E-state index contributed by atoms with van der Waals surface area (Å²) in [4.78, 5) is 22.3. The van der Waals surface area contributed by atoms with Crippen LogP contribution in [-0.2, 0) is 9.53 Å². The van der Waals surface area contributed by atoms with Crippen LogP contribution in [0.2, 0.25) is 0 Å². The highest BCUT2D eigenvalue weighted by Gasteiger charge is 2.15. The molecule has 0 fully saturated rings. The minimum Gasteiger partial charge on any atom is -0.479 e. The van der Waals surface area contributed by atoms with E-state index in [1.54, 1.807) is 0 Å². The minimum atomic E-state index is -1.17. The first-order chi connectivity index (χ1) is 9.06. The molecule has 6 nitrogen and oxygen atoms in total. The second kappa shape index (κ2) is 7.25. The molecule has 0 aliphatic carbocycles. The number of benzene rings is 1. The van der Waals surface area contributed by atoms with E-state index < -0.39 is 11.9 Å². The summed E-state index contributed by atoms with van der Waals surface area (Å²) in [5, 5.41) is 8.98. The van der Waals surface area contributed by atoms with Crippen LogP contribution in [0, 0.1) is 0 Å². The number of nitrogen functional groups attached to an aromatic ring is 1. The van der Waals surface area contributed by atoms with Gasteiger partial charge in [0.15, 0.2) is 12.4 Å². The standard InChI is InChI=1S/C13H17NO5/c1-2-3-7-18-11(15)8-19-12-9(13(16)17)5-4-6-10(12)14/h4-6H,2-3,7-8,14H2,1H3,(H,16,17). The summed E-state index contributed by atoms with van der Waals surface area (Å²) in [7, 11) is 0. The average Bonchev–Trinajstić information content (AvgIpc) is 2.37. The minimum absolute atomic E-state index is 0.0116. The summed E-state index contributed by atoms with van der Waals surface area (Å²) in [6.45, 7) is 1.95. The van der Waals surface area contributed by atoms with Gasteiger partial charge in [-0.05, 0) is 18.6 Å². The van der Waals surface area contributed by atoms with Crippen LogP contribution in [0.5, 0.6) is 5.75 Å². The topological polar surface area (TPSA) is 98.9 Å². The van der Waals surface area contributed by atoms with Crippen LogP contribution in [-0.4, -0.2) is 30.3 Å². The van der Waals surface area contributed by atoms with E-state index in [9.17, 15) is 9.59 Å². The second-order valence-electron chi connectivity index (χ2n) is 3.89. The number of unbranched alkanes of at least 4 members (excludes halogenated alkanes) is 1. The van der Waals surface area contributed by atoms with E-state index in [0.29, 0.717) is 6.61 Å². The summed E-state index contributed by atoms with van der Waals surface area (Å²) in [6.07, 6.45) is 1.70. The highest BCUT2D eigenvalue weighted by atomic mass is 16.6. The lowest BCUT2D eigenvalue weighted by atomic mass is 10.2. The van der Waals surface area contributed by atoms with Crippen molar-refractivity contribution >= 4 is 17.6 Å². The second-order valence-corrected chi connectivity index (χ2v) is 3.89. The molecule has 0 spiro atoms. The number of nitrogens with two attached hydrogens (primary N) is 1. The quantitative estimate of drug-likeness (QED) is 0.443. The monoisotopic (exact) mass is 267 g/mol. The Hall–Kier alpha value is -2.24. The van der Waals surface area contributed by atoms with Gasteiger partial charge in [-0.2, -0.15) is 0 Å².